The molecule has 0 radical (unpaired) electrons. The number of hydrogen-bond donors (Lipinski definition) is 0. The lowest BCUT2D eigenvalue weighted by Crippen LogP contribution is -2.18. The van der Waals surface area contributed by atoms with E-state index in [2.05, 4.69) is 53.9 Å². The number of fused-ring (bicyclic) bond motifs is 1. The van der Waals surface area contributed by atoms with Gasteiger partial charge in [-0.2, -0.15) is 0 Å². The lowest BCUT2D eigenvalue weighted by molar-refractivity contribution is 0.355. The second-order valence-electron chi connectivity index (χ2n) is 6.79. The number of imidazole rings is 1. The van der Waals surface area contributed by atoms with E-state index < -0.39 is 0 Å². The van der Waals surface area contributed by atoms with Crippen molar-refractivity contribution in [3.8, 4) is 10.6 Å². The third-order valence-electron chi connectivity index (χ3n) is 5.17. The van der Waals surface area contributed by atoms with Crippen LogP contribution in [0.1, 0.15) is 38.3 Å². The van der Waals surface area contributed by atoms with Gasteiger partial charge in [0.15, 0.2) is 0 Å². The van der Waals surface area contributed by atoms with E-state index in [1.807, 2.05) is 30.7 Å². The minimum atomic E-state index is 0.295. The van der Waals surface area contributed by atoms with E-state index in [1.165, 1.54) is 10.3 Å². The summed E-state index contributed by atoms with van der Waals surface area (Å²) in [5.74, 6) is 0.567. The molecule has 0 aliphatic rings. The summed E-state index contributed by atoms with van der Waals surface area (Å²) < 4.78 is 3.44. The fraction of sp³-hybridized carbons (Fsp3) is 0.273. The first-order chi connectivity index (χ1) is 13.2. The fourth-order valence-electron chi connectivity index (χ4n) is 3.73. The zero-order valence-electron chi connectivity index (χ0n) is 15.5. The van der Waals surface area contributed by atoms with Crippen LogP contribution in [-0.4, -0.2) is 14.5 Å². The van der Waals surface area contributed by atoms with Crippen LogP contribution >= 0.6 is 22.9 Å². The van der Waals surface area contributed by atoms with Crippen LogP contribution < -0.4 is 0 Å². The maximum absolute atomic E-state index is 6.15. The Hall–Kier alpha value is -2.17. The first kappa shape index (κ1) is 18.2. The minimum Gasteiger partial charge on any atom is -0.330 e. The predicted molar refractivity (Wildman–Crippen MR) is 115 cm³/mol. The van der Waals surface area contributed by atoms with Gasteiger partial charge in [-0.05, 0) is 35.7 Å². The summed E-state index contributed by atoms with van der Waals surface area (Å²) in [5.41, 5.74) is 3.42. The highest BCUT2D eigenvalue weighted by Crippen LogP contribution is 2.36. The van der Waals surface area contributed by atoms with Crippen LogP contribution in [0.3, 0.4) is 0 Å². The van der Waals surface area contributed by atoms with Crippen LogP contribution in [0.4, 0.5) is 0 Å². The summed E-state index contributed by atoms with van der Waals surface area (Å²) >= 11 is 7.87. The van der Waals surface area contributed by atoms with Crippen molar-refractivity contribution in [3.05, 3.63) is 71.8 Å². The molecule has 2 aromatic heterocycles. The molecule has 0 saturated heterocycles. The van der Waals surface area contributed by atoms with Crippen LogP contribution in [-0.2, 0) is 0 Å². The molecule has 3 nitrogen and oxygen atoms in total. The standard InChI is InChI=1S/C22H22ClN3S/c1-3-15(4-2)21(26-11-10-24-14-26)16-8-9-19-20(13-16)27-22(25-19)17-6-5-7-18(23)12-17/h5-15,21H,3-4H2,1-2H3. The Morgan fingerprint density at radius 3 is 2.67 bits per heavy atom. The second kappa shape index (κ2) is 7.83. The SMILES string of the molecule is CCC(CC)C(c1ccc2nc(-c3cccc(Cl)c3)sc2c1)n1ccnc1. The molecule has 27 heavy (non-hydrogen) atoms. The van der Waals surface area contributed by atoms with E-state index in [0.717, 1.165) is 34.0 Å². The van der Waals surface area contributed by atoms with E-state index in [1.54, 1.807) is 11.3 Å². The molecule has 2 aromatic carbocycles. The summed E-state index contributed by atoms with van der Waals surface area (Å²) in [4.78, 5) is 9.09. The molecule has 1 unspecified atom stereocenters. The van der Waals surface area contributed by atoms with Crippen LogP contribution in [0.2, 0.25) is 5.02 Å². The normalized spacial score (nSPS) is 12.7. The Morgan fingerprint density at radius 2 is 1.96 bits per heavy atom. The lowest BCUT2D eigenvalue weighted by atomic mass is 9.88. The third kappa shape index (κ3) is 3.64. The fourth-order valence-corrected chi connectivity index (χ4v) is 4.93. The summed E-state index contributed by atoms with van der Waals surface area (Å²) in [6.07, 6.45) is 8.12. The molecule has 2 heterocycles. The average Bonchev–Trinajstić information content (AvgIpc) is 3.35. The van der Waals surface area contributed by atoms with Gasteiger partial charge in [0.1, 0.15) is 5.01 Å². The monoisotopic (exact) mass is 395 g/mol. The molecule has 0 spiro atoms. The van der Waals surface area contributed by atoms with Gasteiger partial charge in [-0.15, -0.1) is 11.3 Å². The molecular weight excluding hydrogens is 374 g/mol. The first-order valence-electron chi connectivity index (χ1n) is 9.33. The lowest BCUT2D eigenvalue weighted by Gasteiger charge is -2.27. The summed E-state index contributed by atoms with van der Waals surface area (Å²) in [5, 5.41) is 1.74. The third-order valence-corrected chi connectivity index (χ3v) is 6.47. The predicted octanol–water partition coefficient (Wildman–Crippen LogP) is 6.84. The van der Waals surface area contributed by atoms with Gasteiger partial charge >= 0.3 is 0 Å². The molecular formula is C22H22ClN3S. The number of hydrogen-bond acceptors (Lipinski definition) is 3. The Balaban J connectivity index is 1.77. The number of thiazole rings is 1. The van der Waals surface area contributed by atoms with Crippen molar-refractivity contribution in [1.82, 2.24) is 14.5 Å². The van der Waals surface area contributed by atoms with Gasteiger partial charge in [-0.1, -0.05) is 56.5 Å². The molecule has 0 bridgehead atoms. The summed E-state index contributed by atoms with van der Waals surface area (Å²) in [6.45, 7) is 4.53. The van der Waals surface area contributed by atoms with Crippen molar-refractivity contribution in [2.45, 2.75) is 32.7 Å². The van der Waals surface area contributed by atoms with Crippen LogP contribution in [0.15, 0.2) is 61.2 Å². The molecule has 0 amide bonds. The van der Waals surface area contributed by atoms with Crippen molar-refractivity contribution < 1.29 is 0 Å². The highest BCUT2D eigenvalue weighted by Gasteiger charge is 2.22. The molecule has 5 heteroatoms. The molecule has 0 aliphatic carbocycles. The Kier molecular flexibility index (Phi) is 5.28. The zero-order valence-corrected chi connectivity index (χ0v) is 17.0. The largest absolute Gasteiger partial charge is 0.330 e. The average molecular weight is 396 g/mol. The van der Waals surface area contributed by atoms with Gasteiger partial charge in [0.2, 0.25) is 0 Å². The molecule has 0 saturated carbocycles. The maximum Gasteiger partial charge on any atom is 0.124 e. The van der Waals surface area contributed by atoms with Gasteiger partial charge in [0.25, 0.3) is 0 Å². The van der Waals surface area contributed by atoms with E-state index in [4.69, 9.17) is 16.6 Å². The first-order valence-corrected chi connectivity index (χ1v) is 10.5. The van der Waals surface area contributed by atoms with E-state index >= 15 is 0 Å². The molecule has 0 aliphatic heterocycles. The van der Waals surface area contributed by atoms with Gasteiger partial charge < -0.3 is 4.57 Å². The highest BCUT2D eigenvalue weighted by atomic mass is 35.5. The number of halogens is 1. The summed E-state index contributed by atoms with van der Waals surface area (Å²) in [6, 6.07) is 14.8. The Labute approximate surface area is 168 Å². The van der Waals surface area contributed by atoms with E-state index in [0.29, 0.717) is 12.0 Å². The van der Waals surface area contributed by atoms with Crippen molar-refractivity contribution in [2.24, 2.45) is 5.92 Å². The van der Waals surface area contributed by atoms with Gasteiger partial charge in [0.05, 0.1) is 22.6 Å². The van der Waals surface area contributed by atoms with Crippen molar-refractivity contribution in [1.29, 1.82) is 0 Å². The molecule has 138 valence electrons. The topological polar surface area (TPSA) is 30.7 Å². The molecule has 4 aromatic rings. The molecule has 0 fully saturated rings. The van der Waals surface area contributed by atoms with Gasteiger partial charge in [-0.25, -0.2) is 9.97 Å². The quantitative estimate of drug-likeness (QED) is 0.357. The van der Waals surface area contributed by atoms with E-state index in [-0.39, 0.29) is 0 Å². The highest BCUT2D eigenvalue weighted by molar-refractivity contribution is 7.21. The number of nitrogens with zero attached hydrogens (tertiary/aromatic N) is 3. The second-order valence-corrected chi connectivity index (χ2v) is 8.25. The van der Waals surface area contributed by atoms with Crippen molar-refractivity contribution in [2.75, 3.05) is 0 Å². The van der Waals surface area contributed by atoms with Crippen LogP contribution in [0.5, 0.6) is 0 Å². The Morgan fingerprint density at radius 1 is 1.11 bits per heavy atom. The van der Waals surface area contributed by atoms with Crippen molar-refractivity contribution >= 4 is 33.2 Å². The number of benzene rings is 2. The zero-order chi connectivity index (χ0) is 18.8. The van der Waals surface area contributed by atoms with Crippen molar-refractivity contribution in [3.63, 3.8) is 0 Å². The maximum atomic E-state index is 6.15. The van der Waals surface area contributed by atoms with Gasteiger partial charge in [-0.3, -0.25) is 0 Å². The number of rotatable bonds is 6. The van der Waals surface area contributed by atoms with Crippen LogP contribution in [0, 0.1) is 5.92 Å². The molecule has 4 rings (SSSR count). The number of aromatic nitrogens is 3. The Bertz CT molecular complexity index is 1030. The smallest absolute Gasteiger partial charge is 0.124 e. The van der Waals surface area contributed by atoms with E-state index in [9.17, 15) is 0 Å². The van der Waals surface area contributed by atoms with Gasteiger partial charge in [0, 0.05) is 23.0 Å². The molecule has 1 atom stereocenters. The summed E-state index contributed by atoms with van der Waals surface area (Å²) in [7, 11) is 0. The molecule has 0 N–H and O–H groups in total. The minimum absolute atomic E-state index is 0.295. The van der Waals surface area contributed by atoms with Crippen LogP contribution in [0.25, 0.3) is 20.8 Å².